The van der Waals surface area contributed by atoms with E-state index >= 15 is 0 Å². The molecular weight excluding hydrogens is 334 g/mol. The summed E-state index contributed by atoms with van der Waals surface area (Å²) in [6.45, 7) is 1.75. The van der Waals surface area contributed by atoms with Crippen LogP contribution in [0.25, 0.3) is 10.8 Å². The Hall–Kier alpha value is -2.28. The van der Waals surface area contributed by atoms with Gasteiger partial charge in [-0.1, -0.05) is 36.4 Å². The van der Waals surface area contributed by atoms with E-state index in [2.05, 4.69) is 27.2 Å². The van der Waals surface area contributed by atoms with Gasteiger partial charge in [-0.05, 0) is 42.1 Å². The first-order valence-corrected chi connectivity index (χ1v) is 9.71. The first-order valence-electron chi connectivity index (χ1n) is 8.23. The van der Waals surface area contributed by atoms with Crippen LogP contribution in [0.2, 0.25) is 0 Å². The van der Waals surface area contributed by atoms with Crippen molar-refractivity contribution in [1.82, 2.24) is 15.0 Å². The molecule has 5 nitrogen and oxygen atoms in total. The second-order valence-electron chi connectivity index (χ2n) is 5.77. The molecule has 0 saturated carbocycles. The molecule has 2 aromatic carbocycles. The largest absolute Gasteiger partial charge is 0.315 e. The summed E-state index contributed by atoms with van der Waals surface area (Å²) in [5.74, 6) is 0. The van der Waals surface area contributed by atoms with E-state index in [1.807, 2.05) is 18.2 Å². The highest BCUT2D eigenvalue weighted by atomic mass is 32.2. The van der Waals surface area contributed by atoms with E-state index in [1.54, 1.807) is 36.7 Å². The Bertz CT molecular complexity index is 928. The molecule has 0 spiro atoms. The maximum Gasteiger partial charge on any atom is 0.240 e. The van der Waals surface area contributed by atoms with E-state index in [4.69, 9.17) is 0 Å². The number of rotatable bonds is 8. The predicted octanol–water partition coefficient (Wildman–Crippen LogP) is 2.35. The Balaban J connectivity index is 1.48. The summed E-state index contributed by atoms with van der Waals surface area (Å²) in [4.78, 5) is 4.30. The molecule has 0 fully saturated rings. The standard InChI is InChI=1S/C19H21N3O2S/c23-25(24,19-7-6-18-15-21-11-9-17(18)14-19)22-13-12-20-10-8-16-4-2-1-3-5-16/h1-7,9,11,14-15,20,22H,8,10,12-13H2. The number of nitrogens with zero attached hydrogens (tertiary/aromatic N) is 1. The number of hydrogen-bond acceptors (Lipinski definition) is 4. The average molecular weight is 355 g/mol. The molecule has 0 bridgehead atoms. The van der Waals surface area contributed by atoms with Crippen LogP contribution < -0.4 is 10.0 Å². The second-order valence-corrected chi connectivity index (χ2v) is 7.53. The van der Waals surface area contributed by atoms with E-state index in [-0.39, 0.29) is 4.90 Å². The van der Waals surface area contributed by atoms with Gasteiger partial charge in [-0.2, -0.15) is 0 Å². The lowest BCUT2D eigenvalue weighted by Crippen LogP contribution is -2.32. The fourth-order valence-corrected chi connectivity index (χ4v) is 3.65. The molecule has 130 valence electrons. The van der Waals surface area contributed by atoms with E-state index in [1.165, 1.54) is 5.56 Å². The van der Waals surface area contributed by atoms with Gasteiger partial charge in [-0.15, -0.1) is 0 Å². The SMILES string of the molecule is O=S(=O)(NCCNCCc1ccccc1)c1ccc2cnccc2c1. The van der Waals surface area contributed by atoms with Crippen LogP contribution in [0.3, 0.4) is 0 Å². The van der Waals surface area contributed by atoms with Crippen molar-refractivity contribution >= 4 is 20.8 Å². The Morgan fingerprint density at radius 1 is 0.880 bits per heavy atom. The molecule has 3 rings (SSSR count). The minimum Gasteiger partial charge on any atom is -0.315 e. The van der Waals surface area contributed by atoms with Gasteiger partial charge in [0, 0.05) is 30.9 Å². The van der Waals surface area contributed by atoms with Crippen LogP contribution in [0.15, 0.2) is 71.9 Å². The zero-order valence-electron chi connectivity index (χ0n) is 13.9. The van der Waals surface area contributed by atoms with Gasteiger partial charge in [0.05, 0.1) is 4.90 Å². The second kappa shape index (κ2) is 8.20. The van der Waals surface area contributed by atoms with E-state index in [0.29, 0.717) is 13.1 Å². The van der Waals surface area contributed by atoms with Crippen LogP contribution in [0.5, 0.6) is 0 Å². The van der Waals surface area contributed by atoms with Crippen LogP contribution in [0.1, 0.15) is 5.56 Å². The van der Waals surface area contributed by atoms with E-state index < -0.39 is 10.0 Å². The van der Waals surface area contributed by atoms with Crippen LogP contribution in [0.4, 0.5) is 0 Å². The Kier molecular flexibility index (Phi) is 5.75. The number of pyridine rings is 1. The average Bonchev–Trinajstić information content (AvgIpc) is 2.65. The molecule has 0 aliphatic heterocycles. The Morgan fingerprint density at radius 2 is 1.72 bits per heavy atom. The highest BCUT2D eigenvalue weighted by Gasteiger charge is 2.13. The van der Waals surface area contributed by atoms with Crippen molar-refractivity contribution in [2.45, 2.75) is 11.3 Å². The topological polar surface area (TPSA) is 71.1 Å². The third-order valence-electron chi connectivity index (χ3n) is 3.95. The Morgan fingerprint density at radius 3 is 2.56 bits per heavy atom. The highest BCUT2D eigenvalue weighted by molar-refractivity contribution is 7.89. The van der Waals surface area contributed by atoms with Gasteiger partial charge >= 0.3 is 0 Å². The third kappa shape index (κ3) is 4.85. The third-order valence-corrected chi connectivity index (χ3v) is 5.41. The predicted molar refractivity (Wildman–Crippen MR) is 99.9 cm³/mol. The lowest BCUT2D eigenvalue weighted by molar-refractivity contribution is 0.576. The van der Waals surface area contributed by atoms with Gasteiger partial charge in [0.25, 0.3) is 0 Å². The summed E-state index contributed by atoms with van der Waals surface area (Å²) in [7, 11) is -3.50. The van der Waals surface area contributed by atoms with Crippen LogP contribution in [-0.2, 0) is 16.4 Å². The fourth-order valence-electron chi connectivity index (χ4n) is 2.59. The lowest BCUT2D eigenvalue weighted by atomic mass is 10.1. The van der Waals surface area contributed by atoms with Gasteiger partial charge in [-0.25, -0.2) is 13.1 Å². The smallest absolute Gasteiger partial charge is 0.240 e. The van der Waals surface area contributed by atoms with Gasteiger partial charge in [0.15, 0.2) is 0 Å². The molecule has 0 aliphatic carbocycles. The zero-order valence-corrected chi connectivity index (χ0v) is 14.7. The van der Waals surface area contributed by atoms with Gasteiger partial charge < -0.3 is 5.32 Å². The quantitative estimate of drug-likeness (QED) is 0.609. The van der Waals surface area contributed by atoms with Gasteiger partial charge in [0.2, 0.25) is 10.0 Å². The first-order chi connectivity index (χ1) is 12.1. The maximum atomic E-state index is 12.4. The molecule has 3 aromatic rings. The van der Waals surface area contributed by atoms with Gasteiger partial charge in [0.1, 0.15) is 0 Å². The maximum absolute atomic E-state index is 12.4. The normalized spacial score (nSPS) is 11.7. The number of hydrogen-bond donors (Lipinski definition) is 2. The van der Waals surface area contributed by atoms with Crippen molar-refractivity contribution in [3.63, 3.8) is 0 Å². The number of sulfonamides is 1. The van der Waals surface area contributed by atoms with Crippen molar-refractivity contribution in [2.75, 3.05) is 19.6 Å². The fraction of sp³-hybridized carbons (Fsp3) is 0.211. The number of benzene rings is 2. The van der Waals surface area contributed by atoms with Crippen molar-refractivity contribution in [3.8, 4) is 0 Å². The summed E-state index contributed by atoms with van der Waals surface area (Å²) < 4.78 is 27.4. The molecule has 1 heterocycles. The zero-order chi connectivity index (χ0) is 17.5. The molecule has 6 heteroatoms. The minimum absolute atomic E-state index is 0.274. The Labute approximate surface area is 148 Å². The van der Waals surface area contributed by atoms with E-state index in [9.17, 15) is 8.42 Å². The van der Waals surface area contributed by atoms with Gasteiger partial charge in [-0.3, -0.25) is 4.98 Å². The monoisotopic (exact) mass is 355 g/mol. The number of nitrogens with one attached hydrogen (secondary N) is 2. The van der Waals surface area contributed by atoms with Crippen molar-refractivity contribution in [3.05, 3.63) is 72.6 Å². The van der Waals surface area contributed by atoms with Crippen LogP contribution in [-0.4, -0.2) is 33.0 Å². The van der Waals surface area contributed by atoms with E-state index in [0.717, 1.165) is 23.7 Å². The minimum atomic E-state index is -3.50. The summed E-state index contributed by atoms with van der Waals surface area (Å²) in [5.41, 5.74) is 1.27. The molecule has 0 saturated heterocycles. The van der Waals surface area contributed by atoms with Crippen LogP contribution >= 0.6 is 0 Å². The number of aromatic nitrogens is 1. The molecule has 0 unspecified atom stereocenters. The van der Waals surface area contributed by atoms with Crippen LogP contribution in [0, 0.1) is 0 Å². The molecule has 0 aliphatic rings. The summed E-state index contributed by atoms with van der Waals surface area (Å²) in [6, 6.07) is 17.0. The summed E-state index contributed by atoms with van der Waals surface area (Å²) in [6.07, 6.45) is 4.30. The molecule has 0 radical (unpaired) electrons. The lowest BCUT2D eigenvalue weighted by Gasteiger charge is -2.09. The molecule has 1 aromatic heterocycles. The molecule has 0 amide bonds. The number of fused-ring (bicyclic) bond motifs is 1. The molecule has 0 atom stereocenters. The molecule has 2 N–H and O–H groups in total. The molecule has 25 heavy (non-hydrogen) atoms. The van der Waals surface area contributed by atoms with Crippen molar-refractivity contribution in [2.24, 2.45) is 0 Å². The van der Waals surface area contributed by atoms with Crippen molar-refractivity contribution in [1.29, 1.82) is 0 Å². The summed E-state index contributed by atoms with van der Waals surface area (Å²) >= 11 is 0. The summed E-state index contributed by atoms with van der Waals surface area (Å²) in [5, 5.41) is 5.03. The van der Waals surface area contributed by atoms with Crippen molar-refractivity contribution < 1.29 is 8.42 Å². The molecular formula is C19H21N3O2S. The first kappa shape index (κ1) is 17.5. The highest BCUT2D eigenvalue weighted by Crippen LogP contribution is 2.17.